The maximum absolute atomic E-state index is 13.4. The van der Waals surface area contributed by atoms with Gasteiger partial charge in [0, 0.05) is 17.3 Å². The van der Waals surface area contributed by atoms with Gasteiger partial charge in [-0.1, -0.05) is 47.6 Å². The molecular formula is C28H26N4O5. The van der Waals surface area contributed by atoms with Crippen molar-refractivity contribution in [3.63, 3.8) is 0 Å². The van der Waals surface area contributed by atoms with Gasteiger partial charge in [0.1, 0.15) is 5.75 Å². The average molecular weight is 499 g/mol. The molecule has 0 saturated carbocycles. The Bertz CT molecular complexity index is 1460. The Hall–Kier alpha value is -4.79. The molecule has 0 saturated heterocycles. The molecular weight excluding hydrogens is 472 g/mol. The van der Waals surface area contributed by atoms with Crippen molar-refractivity contribution in [2.24, 2.45) is 0 Å². The van der Waals surface area contributed by atoms with Crippen LogP contribution in [0.1, 0.15) is 24.4 Å². The van der Waals surface area contributed by atoms with Crippen LogP contribution in [0.2, 0.25) is 0 Å². The number of amides is 2. The predicted molar refractivity (Wildman–Crippen MR) is 139 cm³/mol. The van der Waals surface area contributed by atoms with Gasteiger partial charge in [0.2, 0.25) is 5.82 Å². The van der Waals surface area contributed by atoms with E-state index in [1.54, 1.807) is 44.4 Å². The maximum atomic E-state index is 13.4. The molecule has 3 aromatic carbocycles. The summed E-state index contributed by atoms with van der Waals surface area (Å²) in [5.74, 6) is 2.47. The van der Waals surface area contributed by atoms with Gasteiger partial charge in [-0.3, -0.25) is 4.90 Å². The van der Waals surface area contributed by atoms with Gasteiger partial charge >= 0.3 is 6.03 Å². The monoisotopic (exact) mass is 498 g/mol. The third kappa shape index (κ3) is 4.47. The Balaban J connectivity index is 1.64. The number of anilines is 1. The van der Waals surface area contributed by atoms with Crippen molar-refractivity contribution < 1.29 is 23.5 Å². The summed E-state index contributed by atoms with van der Waals surface area (Å²) < 4.78 is 21.9. The molecule has 1 atom stereocenters. The van der Waals surface area contributed by atoms with Crippen LogP contribution in [0.3, 0.4) is 0 Å². The Kier molecular flexibility index (Phi) is 6.51. The molecule has 37 heavy (non-hydrogen) atoms. The summed E-state index contributed by atoms with van der Waals surface area (Å²) in [5, 5.41) is 7.33. The minimum absolute atomic E-state index is 0.296. The van der Waals surface area contributed by atoms with E-state index in [0.717, 1.165) is 11.1 Å². The smallest absolute Gasteiger partial charge is 0.327 e. The van der Waals surface area contributed by atoms with Crippen LogP contribution in [0.4, 0.5) is 10.5 Å². The van der Waals surface area contributed by atoms with E-state index in [4.69, 9.17) is 23.7 Å². The van der Waals surface area contributed by atoms with Crippen molar-refractivity contribution in [2.45, 2.75) is 13.0 Å². The van der Waals surface area contributed by atoms with Gasteiger partial charge in [-0.2, -0.15) is 4.98 Å². The van der Waals surface area contributed by atoms with Crippen molar-refractivity contribution in [3.8, 4) is 28.6 Å². The average Bonchev–Trinajstić information content (AvgIpc) is 3.43. The van der Waals surface area contributed by atoms with Crippen LogP contribution in [0, 0.1) is 0 Å². The van der Waals surface area contributed by atoms with Crippen molar-refractivity contribution in [3.05, 3.63) is 89.9 Å². The first-order valence-electron chi connectivity index (χ1n) is 11.6. The van der Waals surface area contributed by atoms with E-state index in [0.29, 0.717) is 45.9 Å². The van der Waals surface area contributed by atoms with Gasteiger partial charge in [-0.25, -0.2) is 4.79 Å². The van der Waals surface area contributed by atoms with Crippen molar-refractivity contribution >= 4 is 17.3 Å². The number of carbonyl (C=O) groups is 1. The lowest BCUT2D eigenvalue weighted by atomic mass is 9.94. The molecule has 4 aromatic rings. The van der Waals surface area contributed by atoms with E-state index in [2.05, 4.69) is 10.5 Å². The fourth-order valence-electron chi connectivity index (χ4n) is 4.40. The van der Waals surface area contributed by atoms with Gasteiger partial charge in [-0.15, -0.1) is 0 Å². The molecule has 1 unspecified atom stereocenters. The summed E-state index contributed by atoms with van der Waals surface area (Å²) in [5.41, 5.74) is 3.57. The Morgan fingerprint density at radius 3 is 2.41 bits per heavy atom. The number of benzene rings is 3. The molecule has 9 heteroatoms. The number of nitrogens with one attached hydrogen (secondary N) is 1. The summed E-state index contributed by atoms with van der Waals surface area (Å²) in [6.07, 6.45) is 0. The molecule has 2 amide bonds. The molecule has 1 aliphatic heterocycles. The normalized spacial score (nSPS) is 15.4. The molecule has 0 bridgehead atoms. The van der Waals surface area contributed by atoms with Crippen LogP contribution >= 0.6 is 0 Å². The van der Waals surface area contributed by atoms with Crippen LogP contribution in [0.5, 0.6) is 17.2 Å². The van der Waals surface area contributed by atoms with Gasteiger partial charge < -0.3 is 24.1 Å². The summed E-state index contributed by atoms with van der Waals surface area (Å²) in [6, 6.07) is 21.6. The number of nitrogens with zero attached hydrogens (tertiary/aromatic N) is 3. The maximum Gasteiger partial charge on any atom is 0.327 e. The quantitative estimate of drug-likeness (QED) is 0.361. The molecule has 188 valence electrons. The Morgan fingerprint density at radius 1 is 0.892 bits per heavy atom. The van der Waals surface area contributed by atoms with Crippen molar-refractivity contribution in [1.82, 2.24) is 15.5 Å². The Labute approximate surface area is 214 Å². The lowest BCUT2D eigenvalue weighted by Gasteiger charge is -2.35. The van der Waals surface area contributed by atoms with Gasteiger partial charge in [-0.05, 0) is 36.8 Å². The number of ether oxygens (including phenoxy) is 3. The second kappa shape index (κ2) is 10.1. The lowest BCUT2D eigenvalue weighted by molar-refractivity contribution is 0.244. The first kappa shape index (κ1) is 23.9. The number of rotatable bonds is 7. The third-order valence-electron chi connectivity index (χ3n) is 6.23. The summed E-state index contributed by atoms with van der Waals surface area (Å²) in [4.78, 5) is 19.7. The number of aromatic nitrogens is 2. The lowest BCUT2D eigenvalue weighted by Crippen LogP contribution is -2.46. The highest BCUT2D eigenvalue weighted by molar-refractivity contribution is 6.01. The zero-order chi connectivity index (χ0) is 25.9. The number of hydrogen-bond acceptors (Lipinski definition) is 7. The first-order valence-corrected chi connectivity index (χ1v) is 11.6. The highest BCUT2D eigenvalue weighted by Crippen LogP contribution is 2.41. The molecule has 0 fully saturated rings. The van der Waals surface area contributed by atoms with E-state index in [1.165, 1.54) is 0 Å². The van der Waals surface area contributed by atoms with Gasteiger partial charge in [0.05, 0.1) is 38.6 Å². The minimum atomic E-state index is -0.497. The molecule has 5 rings (SSSR count). The number of carbonyl (C=O) groups excluding carboxylic acids is 1. The van der Waals surface area contributed by atoms with Crippen LogP contribution in [0.25, 0.3) is 17.0 Å². The standard InChI is InChI=1S/C28H26N4O5/c1-17-24(27-30-26(31-37-27)19-11-8-12-21(15-19)34-2)25(18-9-6-5-7-10-18)29-28(33)32(17)20-13-14-22(35-3)23(16-20)36-4/h5-16,25H,1-4H3,(H,29,33). The van der Waals surface area contributed by atoms with E-state index < -0.39 is 6.04 Å². The molecule has 1 aromatic heterocycles. The van der Waals surface area contributed by atoms with Crippen LogP contribution in [0.15, 0.2) is 83.0 Å². The van der Waals surface area contributed by atoms with Crippen LogP contribution < -0.4 is 24.4 Å². The van der Waals surface area contributed by atoms with E-state index >= 15 is 0 Å². The highest BCUT2D eigenvalue weighted by atomic mass is 16.5. The zero-order valence-corrected chi connectivity index (χ0v) is 20.9. The number of urea groups is 1. The molecule has 0 spiro atoms. The largest absolute Gasteiger partial charge is 0.497 e. The number of methoxy groups -OCH3 is 3. The van der Waals surface area contributed by atoms with Crippen LogP contribution in [-0.4, -0.2) is 37.5 Å². The number of allylic oxidation sites excluding steroid dienone is 1. The number of hydrogen-bond donors (Lipinski definition) is 1. The second-order valence-electron chi connectivity index (χ2n) is 8.32. The summed E-state index contributed by atoms with van der Waals surface area (Å²) >= 11 is 0. The third-order valence-corrected chi connectivity index (χ3v) is 6.23. The highest BCUT2D eigenvalue weighted by Gasteiger charge is 2.36. The summed E-state index contributed by atoms with van der Waals surface area (Å²) in [6.45, 7) is 1.86. The molecule has 1 N–H and O–H groups in total. The first-order chi connectivity index (χ1) is 18.0. The van der Waals surface area contributed by atoms with Crippen molar-refractivity contribution in [1.29, 1.82) is 0 Å². The summed E-state index contributed by atoms with van der Waals surface area (Å²) in [7, 11) is 4.72. The molecule has 0 radical (unpaired) electrons. The van der Waals surface area contributed by atoms with Gasteiger partial charge in [0.15, 0.2) is 11.5 Å². The molecule has 1 aliphatic rings. The fraction of sp³-hybridized carbons (Fsp3) is 0.179. The van der Waals surface area contributed by atoms with Crippen molar-refractivity contribution in [2.75, 3.05) is 26.2 Å². The fourth-order valence-corrected chi connectivity index (χ4v) is 4.40. The van der Waals surface area contributed by atoms with E-state index in [1.807, 2.05) is 61.5 Å². The molecule has 0 aliphatic carbocycles. The predicted octanol–water partition coefficient (Wildman–Crippen LogP) is 5.46. The van der Waals surface area contributed by atoms with Gasteiger partial charge in [0.25, 0.3) is 5.89 Å². The van der Waals surface area contributed by atoms with E-state index in [-0.39, 0.29) is 6.03 Å². The van der Waals surface area contributed by atoms with Crippen LogP contribution in [-0.2, 0) is 0 Å². The molecule has 2 heterocycles. The Morgan fingerprint density at radius 2 is 1.68 bits per heavy atom. The topological polar surface area (TPSA) is 99.0 Å². The molecule has 9 nitrogen and oxygen atoms in total. The zero-order valence-electron chi connectivity index (χ0n) is 20.9. The second-order valence-corrected chi connectivity index (χ2v) is 8.32. The minimum Gasteiger partial charge on any atom is -0.497 e. The van der Waals surface area contributed by atoms with E-state index in [9.17, 15) is 4.79 Å². The SMILES string of the molecule is COc1cccc(-c2noc(C3=C(C)N(c4ccc(OC)c(OC)c4)C(=O)NC3c3ccccc3)n2)c1.